The zero-order chi connectivity index (χ0) is 19.8. The largest absolute Gasteiger partial charge is 0.465 e. The number of hydrogen-bond acceptors (Lipinski definition) is 5. The van der Waals surface area contributed by atoms with E-state index in [1.54, 1.807) is 24.3 Å². The van der Waals surface area contributed by atoms with Gasteiger partial charge < -0.3 is 19.5 Å². The van der Waals surface area contributed by atoms with E-state index in [2.05, 4.69) is 6.07 Å². The van der Waals surface area contributed by atoms with Gasteiger partial charge in [0.2, 0.25) is 0 Å². The monoisotopic (exact) mass is 372 g/mol. The summed E-state index contributed by atoms with van der Waals surface area (Å²) in [5.74, 6) is 0.293. The number of esters is 1. The highest BCUT2D eigenvalue weighted by Crippen LogP contribution is 2.40. The van der Waals surface area contributed by atoms with Crippen molar-refractivity contribution in [3.8, 4) is 22.5 Å². The molecule has 0 aromatic heterocycles. The van der Waals surface area contributed by atoms with E-state index >= 15 is 0 Å². The van der Waals surface area contributed by atoms with Crippen LogP contribution in [-0.4, -0.2) is 27.2 Å². The Morgan fingerprint density at radius 3 is 2.43 bits per heavy atom. The number of rotatable bonds is 3. The van der Waals surface area contributed by atoms with Gasteiger partial charge >= 0.3 is 5.97 Å². The smallest absolute Gasteiger partial charge is 0.337 e. The molecular formula is C23H20N2O3. The summed E-state index contributed by atoms with van der Waals surface area (Å²) >= 11 is 0. The third-order valence-corrected chi connectivity index (χ3v) is 4.82. The molecule has 1 heterocycles. The van der Waals surface area contributed by atoms with Gasteiger partial charge in [0, 0.05) is 48.4 Å². The Morgan fingerprint density at radius 1 is 1.00 bits per heavy atom. The summed E-state index contributed by atoms with van der Waals surface area (Å²) in [6.45, 7) is 0. The molecule has 140 valence electrons. The fourth-order valence-electron chi connectivity index (χ4n) is 3.36. The van der Waals surface area contributed by atoms with Crippen LogP contribution in [0.4, 0.5) is 5.69 Å². The first kappa shape index (κ1) is 17.8. The number of carbonyl (C=O) groups excluding carboxylic acids is 1. The van der Waals surface area contributed by atoms with Crippen molar-refractivity contribution in [2.45, 2.75) is 0 Å². The second-order valence-corrected chi connectivity index (χ2v) is 6.83. The van der Waals surface area contributed by atoms with Crippen molar-refractivity contribution in [3.05, 3.63) is 71.6 Å². The molecule has 0 spiro atoms. The van der Waals surface area contributed by atoms with E-state index in [0.29, 0.717) is 16.7 Å². The van der Waals surface area contributed by atoms with Crippen LogP contribution in [0.3, 0.4) is 0 Å². The highest BCUT2D eigenvalue weighted by Gasteiger charge is 2.18. The molecule has 0 saturated heterocycles. The lowest BCUT2D eigenvalue weighted by molar-refractivity contribution is 0.0601. The maximum Gasteiger partial charge on any atom is 0.337 e. The van der Waals surface area contributed by atoms with Crippen LogP contribution >= 0.6 is 0 Å². The molecule has 2 aromatic rings. The molecule has 0 bridgehead atoms. The van der Waals surface area contributed by atoms with Gasteiger partial charge in [-0.25, -0.2) is 4.79 Å². The quantitative estimate of drug-likeness (QED) is 0.424. The summed E-state index contributed by atoms with van der Waals surface area (Å²) in [6.07, 6.45) is 0. The molecule has 2 aliphatic rings. The van der Waals surface area contributed by atoms with E-state index in [0.717, 1.165) is 33.3 Å². The fourth-order valence-corrected chi connectivity index (χ4v) is 3.36. The van der Waals surface area contributed by atoms with E-state index in [9.17, 15) is 4.79 Å². The maximum absolute atomic E-state index is 11.8. The zero-order valence-electron chi connectivity index (χ0n) is 15.9. The highest BCUT2D eigenvalue weighted by atomic mass is 16.5. The molecule has 5 heteroatoms. The predicted octanol–water partition coefficient (Wildman–Crippen LogP) is 4.54. The number of nitrogens with zero attached hydrogens (tertiary/aromatic N) is 1. The van der Waals surface area contributed by atoms with Crippen LogP contribution in [0.1, 0.15) is 10.4 Å². The molecule has 4 rings (SSSR count). The van der Waals surface area contributed by atoms with Gasteiger partial charge in [-0.15, -0.1) is 0 Å². The second kappa shape index (κ2) is 6.85. The highest BCUT2D eigenvalue weighted by molar-refractivity contribution is 6.03. The van der Waals surface area contributed by atoms with Crippen molar-refractivity contribution < 1.29 is 13.9 Å². The molecule has 0 unspecified atom stereocenters. The minimum atomic E-state index is -0.362. The Hall–Kier alpha value is -3.60. The van der Waals surface area contributed by atoms with Crippen LogP contribution in [0, 0.1) is 5.41 Å². The zero-order valence-corrected chi connectivity index (χ0v) is 15.9. The van der Waals surface area contributed by atoms with Gasteiger partial charge in [0.25, 0.3) is 0 Å². The molecule has 0 radical (unpaired) electrons. The lowest BCUT2D eigenvalue weighted by Gasteiger charge is -2.18. The topological polar surface area (TPSA) is 66.5 Å². The molecule has 0 saturated carbocycles. The molecule has 1 aliphatic heterocycles. The summed E-state index contributed by atoms with van der Waals surface area (Å²) < 4.78 is 10.9. The Morgan fingerprint density at radius 2 is 1.75 bits per heavy atom. The molecule has 5 nitrogen and oxygen atoms in total. The van der Waals surface area contributed by atoms with Crippen LogP contribution in [0.5, 0.6) is 0 Å². The first-order valence-electron chi connectivity index (χ1n) is 8.89. The minimum absolute atomic E-state index is 0.362. The number of nitrogens with one attached hydrogen (secondary N) is 1. The Labute approximate surface area is 162 Å². The molecule has 1 N–H and O–H groups in total. The number of carbonyl (C=O) groups is 1. The average molecular weight is 372 g/mol. The van der Waals surface area contributed by atoms with Crippen molar-refractivity contribution in [2.24, 2.45) is 0 Å². The number of ether oxygens (including phenoxy) is 1. The number of anilines is 1. The first-order chi connectivity index (χ1) is 13.5. The average Bonchev–Trinajstić information content (AvgIpc) is 2.71. The van der Waals surface area contributed by atoms with E-state index in [4.69, 9.17) is 14.6 Å². The minimum Gasteiger partial charge on any atom is -0.465 e. The Kier molecular flexibility index (Phi) is 4.35. The standard InChI is InChI=1S/C23H20N2O3/c1-25(2)17-9-11-19-21(13-17)28-20-12-16(24)8-10-18(20)22(19)14-4-6-15(7-5-14)23(26)27-3/h4-13,24H,1-3H3. The lowest BCUT2D eigenvalue weighted by Crippen LogP contribution is -2.08. The van der Waals surface area contributed by atoms with E-state index in [-0.39, 0.29) is 5.97 Å². The van der Waals surface area contributed by atoms with Crippen molar-refractivity contribution in [1.82, 2.24) is 0 Å². The normalized spacial score (nSPS) is 11.0. The molecule has 1 aliphatic carbocycles. The third kappa shape index (κ3) is 3.01. The lowest BCUT2D eigenvalue weighted by atomic mass is 9.93. The Balaban J connectivity index is 2.02. The van der Waals surface area contributed by atoms with Gasteiger partial charge in [-0.2, -0.15) is 0 Å². The summed E-state index contributed by atoms with van der Waals surface area (Å²) in [6, 6.07) is 18.8. The summed E-state index contributed by atoms with van der Waals surface area (Å²) in [7, 11) is 5.34. The molecule has 0 atom stereocenters. The van der Waals surface area contributed by atoms with E-state index < -0.39 is 0 Å². The van der Waals surface area contributed by atoms with Crippen molar-refractivity contribution in [2.75, 3.05) is 26.1 Å². The molecular weight excluding hydrogens is 352 g/mol. The molecule has 0 fully saturated rings. The van der Waals surface area contributed by atoms with Crippen LogP contribution in [0.15, 0.2) is 65.1 Å². The van der Waals surface area contributed by atoms with Crippen molar-refractivity contribution >= 4 is 22.6 Å². The number of hydrogen-bond donors (Lipinski definition) is 1. The third-order valence-electron chi connectivity index (χ3n) is 4.82. The SMILES string of the molecule is COC(=O)c1ccc(-c2c3ccc(=N)cc-3oc3cc(N(C)C)ccc23)cc1. The van der Waals surface area contributed by atoms with E-state index in [1.165, 1.54) is 7.11 Å². The van der Waals surface area contributed by atoms with Crippen LogP contribution in [0.25, 0.3) is 33.4 Å². The molecule has 0 amide bonds. The summed E-state index contributed by atoms with van der Waals surface area (Å²) in [5.41, 5.74) is 5.18. The number of fused-ring (bicyclic) bond motifs is 2. The van der Waals surface area contributed by atoms with Gasteiger partial charge in [-0.3, -0.25) is 0 Å². The van der Waals surface area contributed by atoms with Crippen molar-refractivity contribution in [1.29, 1.82) is 5.41 Å². The second-order valence-electron chi connectivity index (χ2n) is 6.83. The van der Waals surface area contributed by atoms with Crippen LogP contribution in [-0.2, 0) is 4.74 Å². The van der Waals surface area contributed by atoms with Gasteiger partial charge in [0.05, 0.1) is 18.0 Å². The first-order valence-corrected chi connectivity index (χ1v) is 8.89. The van der Waals surface area contributed by atoms with Crippen LogP contribution < -0.4 is 10.3 Å². The summed E-state index contributed by atoms with van der Waals surface area (Å²) in [5, 5.41) is 9.32. The molecule has 2 aromatic carbocycles. The van der Waals surface area contributed by atoms with Crippen LogP contribution in [0.2, 0.25) is 0 Å². The Bertz CT molecular complexity index is 1210. The predicted molar refractivity (Wildman–Crippen MR) is 110 cm³/mol. The van der Waals surface area contributed by atoms with E-state index in [1.807, 2.05) is 49.3 Å². The maximum atomic E-state index is 11.8. The summed E-state index contributed by atoms with van der Waals surface area (Å²) in [4.78, 5) is 13.8. The van der Waals surface area contributed by atoms with Gasteiger partial charge in [-0.05, 0) is 42.0 Å². The van der Waals surface area contributed by atoms with Gasteiger partial charge in [-0.1, -0.05) is 12.1 Å². The van der Waals surface area contributed by atoms with Gasteiger partial charge in [0.15, 0.2) is 0 Å². The number of benzene rings is 3. The fraction of sp³-hybridized carbons (Fsp3) is 0.130. The molecule has 28 heavy (non-hydrogen) atoms. The van der Waals surface area contributed by atoms with Crippen molar-refractivity contribution in [3.63, 3.8) is 0 Å². The van der Waals surface area contributed by atoms with Gasteiger partial charge in [0.1, 0.15) is 11.3 Å². The number of methoxy groups -OCH3 is 1.